The van der Waals surface area contributed by atoms with Crippen LogP contribution in [0.4, 0.5) is 0 Å². The number of amides is 1. The monoisotopic (exact) mass is 326 g/mol. The molecule has 24 heavy (non-hydrogen) atoms. The first-order chi connectivity index (χ1) is 11.8. The van der Waals surface area contributed by atoms with Gasteiger partial charge in [-0.25, -0.2) is 4.98 Å². The van der Waals surface area contributed by atoms with Crippen molar-refractivity contribution in [2.75, 3.05) is 26.7 Å². The summed E-state index contributed by atoms with van der Waals surface area (Å²) in [6.07, 6.45) is 6.09. The van der Waals surface area contributed by atoms with Gasteiger partial charge in [0.05, 0.1) is 7.11 Å². The van der Waals surface area contributed by atoms with Crippen molar-refractivity contribution in [3.8, 4) is 5.88 Å². The number of pyridine rings is 2. The van der Waals surface area contributed by atoms with Crippen LogP contribution in [0.3, 0.4) is 0 Å². The summed E-state index contributed by atoms with van der Waals surface area (Å²) in [6.45, 7) is 3.51. The predicted octanol–water partition coefficient (Wildman–Crippen LogP) is 1.74. The number of hydrogen-bond donors (Lipinski definition) is 1. The molecule has 1 aliphatic rings. The van der Waals surface area contributed by atoms with Crippen LogP contribution >= 0.6 is 0 Å². The zero-order chi connectivity index (χ0) is 16.8. The molecule has 1 amide bonds. The van der Waals surface area contributed by atoms with Gasteiger partial charge in [0.25, 0.3) is 5.91 Å². The molecule has 0 spiro atoms. The first-order valence-corrected chi connectivity index (χ1v) is 8.14. The lowest BCUT2D eigenvalue weighted by atomic mass is 10.1. The molecule has 3 heterocycles. The molecule has 1 fully saturated rings. The molecule has 6 heteroatoms. The van der Waals surface area contributed by atoms with Crippen LogP contribution in [0.5, 0.6) is 5.88 Å². The minimum Gasteiger partial charge on any atom is -0.481 e. The number of methoxy groups -OCH3 is 1. The highest BCUT2D eigenvalue weighted by Crippen LogP contribution is 2.21. The van der Waals surface area contributed by atoms with E-state index in [4.69, 9.17) is 4.74 Å². The number of nitrogens with one attached hydrogen (secondary N) is 1. The van der Waals surface area contributed by atoms with Gasteiger partial charge in [-0.3, -0.25) is 14.7 Å². The molecule has 0 bridgehead atoms. The molecule has 0 radical (unpaired) electrons. The molecule has 126 valence electrons. The van der Waals surface area contributed by atoms with Gasteiger partial charge in [0.1, 0.15) is 0 Å². The predicted molar refractivity (Wildman–Crippen MR) is 90.7 cm³/mol. The van der Waals surface area contributed by atoms with Gasteiger partial charge in [-0.05, 0) is 37.1 Å². The van der Waals surface area contributed by atoms with Crippen molar-refractivity contribution in [3.05, 3.63) is 54.0 Å². The number of aromatic nitrogens is 2. The Morgan fingerprint density at radius 2 is 2.17 bits per heavy atom. The maximum atomic E-state index is 12.1. The summed E-state index contributed by atoms with van der Waals surface area (Å²) in [5, 5.41) is 3.02. The fourth-order valence-electron chi connectivity index (χ4n) is 3.03. The number of carbonyl (C=O) groups excluding carboxylic acids is 1. The molecule has 2 aromatic rings. The Labute approximate surface area is 141 Å². The van der Waals surface area contributed by atoms with Gasteiger partial charge in [-0.15, -0.1) is 0 Å². The van der Waals surface area contributed by atoms with Gasteiger partial charge in [0.15, 0.2) is 0 Å². The molecule has 1 N–H and O–H groups in total. The fourth-order valence-corrected chi connectivity index (χ4v) is 3.03. The molecule has 6 nitrogen and oxygen atoms in total. The van der Waals surface area contributed by atoms with E-state index in [1.165, 1.54) is 0 Å². The summed E-state index contributed by atoms with van der Waals surface area (Å²) < 4.78 is 5.31. The van der Waals surface area contributed by atoms with Crippen LogP contribution in [0.2, 0.25) is 0 Å². The minimum atomic E-state index is -0.0372. The van der Waals surface area contributed by atoms with Gasteiger partial charge < -0.3 is 10.1 Å². The summed E-state index contributed by atoms with van der Waals surface area (Å²) >= 11 is 0. The number of likely N-dealkylation sites (tertiary alicyclic amines) is 1. The molecule has 1 aliphatic heterocycles. The van der Waals surface area contributed by atoms with Crippen molar-refractivity contribution < 1.29 is 9.53 Å². The minimum absolute atomic E-state index is 0.0372. The normalized spacial score (nSPS) is 17.6. The Kier molecular flexibility index (Phi) is 5.38. The Balaban J connectivity index is 1.48. The zero-order valence-corrected chi connectivity index (χ0v) is 13.8. The summed E-state index contributed by atoms with van der Waals surface area (Å²) in [6, 6.07) is 7.43. The van der Waals surface area contributed by atoms with Gasteiger partial charge in [-0.1, -0.05) is 6.07 Å². The van der Waals surface area contributed by atoms with Crippen LogP contribution < -0.4 is 10.1 Å². The lowest BCUT2D eigenvalue weighted by Crippen LogP contribution is -2.31. The second-order valence-corrected chi connectivity index (χ2v) is 6.01. The second-order valence-electron chi connectivity index (χ2n) is 6.01. The first kappa shape index (κ1) is 16.4. The van der Waals surface area contributed by atoms with Crippen molar-refractivity contribution >= 4 is 5.91 Å². The molecule has 2 aromatic heterocycles. The number of carbonyl (C=O) groups is 1. The number of hydrogen-bond acceptors (Lipinski definition) is 5. The van der Waals surface area contributed by atoms with E-state index in [0.29, 0.717) is 23.9 Å². The lowest BCUT2D eigenvalue weighted by Gasteiger charge is -2.17. The first-order valence-electron chi connectivity index (χ1n) is 8.14. The Bertz CT molecular complexity index is 678. The van der Waals surface area contributed by atoms with E-state index >= 15 is 0 Å². The van der Waals surface area contributed by atoms with Gasteiger partial charge in [0, 0.05) is 49.4 Å². The maximum absolute atomic E-state index is 12.1. The van der Waals surface area contributed by atoms with Crippen LogP contribution in [0.25, 0.3) is 0 Å². The van der Waals surface area contributed by atoms with Crippen LogP contribution in [-0.2, 0) is 6.54 Å². The van der Waals surface area contributed by atoms with Crippen LogP contribution in [-0.4, -0.2) is 47.5 Å². The molecule has 0 aliphatic carbocycles. The quantitative estimate of drug-likeness (QED) is 0.876. The molecule has 0 saturated carbocycles. The van der Waals surface area contributed by atoms with Gasteiger partial charge in [0.2, 0.25) is 5.88 Å². The molecule has 0 aromatic carbocycles. The molecular formula is C18H22N4O2. The van der Waals surface area contributed by atoms with Crippen molar-refractivity contribution in [2.45, 2.75) is 13.0 Å². The molecule has 1 atom stereocenters. The van der Waals surface area contributed by atoms with E-state index in [2.05, 4.69) is 20.2 Å². The third-order valence-electron chi connectivity index (χ3n) is 4.30. The fraction of sp³-hybridized carbons (Fsp3) is 0.389. The molecular weight excluding hydrogens is 304 g/mol. The number of nitrogens with zero attached hydrogens (tertiary/aromatic N) is 3. The van der Waals surface area contributed by atoms with Crippen molar-refractivity contribution in [2.24, 2.45) is 5.92 Å². The van der Waals surface area contributed by atoms with Crippen LogP contribution in [0.1, 0.15) is 22.3 Å². The smallest absolute Gasteiger partial charge is 0.251 e. The number of ether oxygens (including phenoxy) is 1. The van der Waals surface area contributed by atoms with Crippen LogP contribution in [0.15, 0.2) is 42.9 Å². The summed E-state index contributed by atoms with van der Waals surface area (Å²) in [4.78, 5) is 22.6. The van der Waals surface area contributed by atoms with E-state index in [0.717, 1.165) is 31.6 Å². The Morgan fingerprint density at radius 3 is 2.96 bits per heavy atom. The van der Waals surface area contributed by atoms with Crippen molar-refractivity contribution in [1.82, 2.24) is 20.2 Å². The summed E-state index contributed by atoms with van der Waals surface area (Å²) in [5.74, 6) is 1.12. The highest BCUT2D eigenvalue weighted by molar-refractivity contribution is 5.93. The average Bonchev–Trinajstić information content (AvgIpc) is 3.08. The third-order valence-corrected chi connectivity index (χ3v) is 4.30. The lowest BCUT2D eigenvalue weighted by molar-refractivity contribution is 0.0947. The summed E-state index contributed by atoms with van der Waals surface area (Å²) in [5.41, 5.74) is 1.75. The third kappa shape index (κ3) is 4.08. The van der Waals surface area contributed by atoms with E-state index < -0.39 is 0 Å². The summed E-state index contributed by atoms with van der Waals surface area (Å²) in [7, 11) is 1.65. The standard InChI is InChI=1S/C18H22N4O2/c1-24-18-16(3-2-7-20-18)13-22-10-6-14(12-22)11-21-17(23)15-4-8-19-9-5-15/h2-5,7-9,14H,6,10-13H2,1H3,(H,21,23). The maximum Gasteiger partial charge on any atom is 0.251 e. The zero-order valence-electron chi connectivity index (χ0n) is 13.8. The van der Waals surface area contributed by atoms with E-state index in [1.54, 1.807) is 37.8 Å². The SMILES string of the molecule is COc1ncccc1CN1CCC(CNC(=O)c2ccncc2)C1. The van der Waals surface area contributed by atoms with Gasteiger partial charge >= 0.3 is 0 Å². The Morgan fingerprint density at radius 1 is 1.33 bits per heavy atom. The van der Waals surface area contributed by atoms with E-state index in [-0.39, 0.29) is 5.91 Å². The van der Waals surface area contributed by atoms with E-state index in [9.17, 15) is 4.79 Å². The van der Waals surface area contributed by atoms with Crippen molar-refractivity contribution in [1.29, 1.82) is 0 Å². The average molecular weight is 326 g/mol. The van der Waals surface area contributed by atoms with Crippen molar-refractivity contribution in [3.63, 3.8) is 0 Å². The molecule has 1 unspecified atom stereocenters. The van der Waals surface area contributed by atoms with Gasteiger partial charge in [-0.2, -0.15) is 0 Å². The molecule has 3 rings (SSSR count). The largest absolute Gasteiger partial charge is 0.481 e. The number of rotatable bonds is 6. The topological polar surface area (TPSA) is 67.3 Å². The molecule has 1 saturated heterocycles. The second kappa shape index (κ2) is 7.88. The highest BCUT2D eigenvalue weighted by atomic mass is 16.5. The highest BCUT2D eigenvalue weighted by Gasteiger charge is 2.23. The Hall–Kier alpha value is -2.47. The van der Waals surface area contributed by atoms with Crippen LogP contribution in [0, 0.1) is 5.92 Å². The van der Waals surface area contributed by atoms with E-state index in [1.807, 2.05) is 12.1 Å².